The Morgan fingerprint density at radius 1 is 0.793 bits per heavy atom. The Hall–Kier alpha value is -2.79. The third-order valence-electron chi connectivity index (χ3n) is 4.81. The van der Waals surface area contributed by atoms with E-state index in [-0.39, 0.29) is 0 Å². The highest BCUT2D eigenvalue weighted by Gasteiger charge is 2.30. The monoisotopic (exact) mass is 399 g/mol. The van der Waals surface area contributed by atoms with E-state index in [2.05, 4.69) is 17.4 Å². The van der Waals surface area contributed by atoms with E-state index in [1.165, 1.54) is 17.7 Å². The molecule has 0 saturated carbocycles. The zero-order valence-corrected chi connectivity index (χ0v) is 16.3. The number of halogens is 3. The average molecular weight is 399 g/mol. The summed E-state index contributed by atoms with van der Waals surface area (Å²) in [6.07, 6.45) is -2.54. The van der Waals surface area contributed by atoms with E-state index in [0.717, 1.165) is 49.2 Å². The number of alkyl halides is 3. The molecule has 0 aromatic heterocycles. The van der Waals surface area contributed by atoms with Crippen molar-refractivity contribution in [2.24, 2.45) is 0 Å². The molecule has 0 fully saturated rings. The fraction of sp³-hybridized carbons (Fsp3) is 0.250. The standard InChI is InChI=1S/C24H24F3NO/c1-29-23-12-7-19(14-16-28-15-13-18-5-3-2-4-6-18)17-22(23)20-8-10-21(11-9-20)24(25,26)27/h2-12,17,28H,13-16H2,1H3. The van der Waals surface area contributed by atoms with Crippen molar-refractivity contribution in [1.29, 1.82) is 0 Å². The molecule has 0 aliphatic heterocycles. The highest BCUT2D eigenvalue weighted by Crippen LogP contribution is 2.34. The third kappa shape index (κ3) is 5.84. The van der Waals surface area contributed by atoms with Crippen molar-refractivity contribution < 1.29 is 17.9 Å². The van der Waals surface area contributed by atoms with Crippen molar-refractivity contribution in [3.63, 3.8) is 0 Å². The van der Waals surface area contributed by atoms with Crippen LogP contribution >= 0.6 is 0 Å². The molecule has 0 radical (unpaired) electrons. The lowest BCUT2D eigenvalue weighted by molar-refractivity contribution is -0.137. The van der Waals surface area contributed by atoms with E-state index in [9.17, 15) is 13.2 Å². The van der Waals surface area contributed by atoms with Crippen LogP contribution in [0.4, 0.5) is 13.2 Å². The van der Waals surface area contributed by atoms with Gasteiger partial charge in [0.2, 0.25) is 0 Å². The van der Waals surface area contributed by atoms with E-state index in [4.69, 9.17) is 4.74 Å². The lowest BCUT2D eigenvalue weighted by Gasteiger charge is -2.13. The maximum atomic E-state index is 12.8. The minimum Gasteiger partial charge on any atom is -0.496 e. The minimum absolute atomic E-state index is 0.644. The van der Waals surface area contributed by atoms with Gasteiger partial charge in [0.25, 0.3) is 0 Å². The first-order valence-corrected chi connectivity index (χ1v) is 9.56. The Bertz CT molecular complexity index is 906. The predicted octanol–water partition coefficient (Wildman–Crippen LogP) is 5.76. The molecule has 0 unspecified atom stereocenters. The first-order valence-electron chi connectivity index (χ1n) is 9.56. The zero-order valence-electron chi connectivity index (χ0n) is 16.3. The normalized spacial score (nSPS) is 11.4. The molecule has 1 N–H and O–H groups in total. The van der Waals surface area contributed by atoms with Crippen LogP contribution in [0.25, 0.3) is 11.1 Å². The quantitative estimate of drug-likeness (QED) is 0.487. The minimum atomic E-state index is -4.34. The number of hydrogen-bond donors (Lipinski definition) is 1. The van der Waals surface area contributed by atoms with Gasteiger partial charge in [-0.2, -0.15) is 13.2 Å². The summed E-state index contributed by atoms with van der Waals surface area (Å²) in [7, 11) is 1.56. The van der Waals surface area contributed by atoms with Gasteiger partial charge in [-0.25, -0.2) is 0 Å². The molecule has 0 saturated heterocycles. The van der Waals surface area contributed by atoms with Crippen LogP contribution in [0.1, 0.15) is 16.7 Å². The number of nitrogens with one attached hydrogen (secondary N) is 1. The lowest BCUT2D eigenvalue weighted by Crippen LogP contribution is -2.20. The van der Waals surface area contributed by atoms with Crippen LogP contribution in [0.5, 0.6) is 5.75 Å². The Morgan fingerprint density at radius 2 is 1.45 bits per heavy atom. The van der Waals surface area contributed by atoms with Gasteiger partial charge in [0.05, 0.1) is 12.7 Å². The molecule has 0 aliphatic carbocycles. The second kappa shape index (κ2) is 9.61. The highest BCUT2D eigenvalue weighted by atomic mass is 19.4. The summed E-state index contributed by atoms with van der Waals surface area (Å²) in [5.74, 6) is 0.644. The van der Waals surface area contributed by atoms with Gasteiger partial charge >= 0.3 is 6.18 Å². The molecule has 29 heavy (non-hydrogen) atoms. The zero-order chi connectivity index (χ0) is 20.7. The van der Waals surface area contributed by atoms with E-state index >= 15 is 0 Å². The molecule has 3 rings (SSSR count). The van der Waals surface area contributed by atoms with Gasteiger partial charge in [-0.15, -0.1) is 0 Å². The van der Waals surface area contributed by atoms with Crippen molar-refractivity contribution in [3.8, 4) is 16.9 Å². The van der Waals surface area contributed by atoms with Crippen LogP contribution in [0.15, 0.2) is 72.8 Å². The van der Waals surface area contributed by atoms with Gasteiger partial charge in [-0.3, -0.25) is 0 Å². The molecule has 0 bridgehead atoms. The maximum Gasteiger partial charge on any atom is 0.416 e. The molecule has 0 spiro atoms. The van der Waals surface area contributed by atoms with E-state index in [1.54, 1.807) is 7.11 Å². The molecule has 2 nitrogen and oxygen atoms in total. The van der Waals surface area contributed by atoms with E-state index in [1.807, 2.05) is 36.4 Å². The molecular formula is C24H24F3NO. The SMILES string of the molecule is COc1ccc(CCNCCc2ccccc2)cc1-c1ccc(C(F)(F)F)cc1. The first kappa shape index (κ1) is 20.9. The van der Waals surface area contributed by atoms with Gasteiger partial charge in [0, 0.05) is 5.56 Å². The summed E-state index contributed by atoms with van der Waals surface area (Å²) in [6.45, 7) is 1.72. The van der Waals surface area contributed by atoms with Crippen LogP contribution in [-0.2, 0) is 19.0 Å². The predicted molar refractivity (Wildman–Crippen MR) is 110 cm³/mol. The van der Waals surface area contributed by atoms with Crippen molar-refractivity contribution in [2.75, 3.05) is 20.2 Å². The Morgan fingerprint density at radius 3 is 2.07 bits per heavy atom. The van der Waals surface area contributed by atoms with Gasteiger partial charge in [0.15, 0.2) is 0 Å². The molecule has 3 aromatic carbocycles. The van der Waals surface area contributed by atoms with Crippen LogP contribution < -0.4 is 10.1 Å². The summed E-state index contributed by atoms with van der Waals surface area (Å²) in [5.41, 5.74) is 3.25. The van der Waals surface area contributed by atoms with Crippen LogP contribution in [0, 0.1) is 0 Å². The van der Waals surface area contributed by atoms with Crippen LogP contribution in [0.2, 0.25) is 0 Å². The van der Waals surface area contributed by atoms with Gasteiger partial charge in [-0.1, -0.05) is 48.5 Å². The summed E-state index contributed by atoms with van der Waals surface area (Å²) >= 11 is 0. The second-order valence-corrected chi connectivity index (χ2v) is 6.85. The summed E-state index contributed by atoms with van der Waals surface area (Å²) in [6, 6.07) is 21.3. The Labute approximate surface area is 169 Å². The first-order chi connectivity index (χ1) is 14.0. The molecule has 0 aliphatic rings. The smallest absolute Gasteiger partial charge is 0.416 e. The fourth-order valence-electron chi connectivity index (χ4n) is 3.21. The molecule has 0 heterocycles. The number of methoxy groups -OCH3 is 1. The van der Waals surface area contributed by atoms with Crippen molar-refractivity contribution >= 4 is 0 Å². The molecular weight excluding hydrogens is 375 g/mol. The number of benzene rings is 3. The number of hydrogen-bond acceptors (Lipinski definition) is 2. The van der Waals surface area contributed by atoms with Gasteiger partial charge in [0.1, 0.15) is 5.75 Å². The summed E-state index contributed by atoms with van der Waals surface area (Å²) in [5, 5.41) is 3.44. The number of ether oxygens (including phenoxy) is 1. The van der Waals surface area contributed by atoms with Crippen molar-refractivity contribution in [2.45, 2.75) is 19.0 Å². The Balaban J connectivity index is 1.62. The maximum absolute atomic E-state index is 12.8. The lowest BCUT2D eigenvalue weighted by atomic mass is 9.99. The van der Waals surface area contributed by atoms with Gasteiger partial charge in [-0.05, 0) is 66.9 Å². The average Bonchev–Trinajstić information content (AvgIpc) is 2.73. The molecule has 5 heteroatoms. The van der Waals surface area contributed by atoms with E-state index in [0.29, 0.717) is 11.3 Å². The molecule has 0 atom stereocenters. The largest absolute Gasteiger partial charge is 0.496 e. The fourth-order valence-corrected chi connectivity index (χ4v) is 3.21. The van der Waals surface area contributed by atoms with Crippen LogP contribution in [0.3, 0.4) is 0 Å². The molecule has 0 amide bonds. The third-order valence-corrected chi connectivity index (χ3v) is 4.81. The highest BCUT2D eigenvalue weighted by molar-refractivity contribution is 5.71. The van der Waals surface area contributed by atoms with E-state index < -0.39 is 11.7 Å². The summed E-state index contributed by atoms with van der Waals surface area (Å²) < 4.78 is 43.8. The molecule has 152 valence electrons. The van der Waals surface area contributed by atoms with Gasteiger partial charge < -0.3 is 10.1 Å². The number of rotatable bonds is 8. The topological polar surface area (TPSA) is 21.3 Å². The molecule has 3 aromatic rings. The summed E-state index contributed by atoms with van der Waals surface area (Å²) in [4.78, 5) is 0. The van der Waals surface area contributed by atoms with Crippen molar-refractivity contribution in [1.82, 2.24) is 5.32 Å². The second-order valence-electron chi connectivity index (χ2n) is 6.85. The van der Waals surface area contributed by atoms with Crippen molar-refractivity contribution in [3.05, 3.63) is 89.5 Å². The Kier molecular flexibility index (Phi) is 6.94. The van der Waals surface area contributed by atoms with Crippen LogP contribution in [-0.4, -0.2) is 20.2 Å².